The molecular weight excluding hydrogens is 130 g/mol. The molecule has 0 saturated carbocycles. The van der Waals surface area contributed by atoms with Crippen LogP contribution in [0.4, 0.5) is 0 Å². The molecule has 0 aromatic carbocycles. The molecule has 1 aliphatic rings. The molecule has 0 spiro atoms. The van der Waals surface area contributed by atoms with Gasteiger partial charge in [-0.25, -0.2) is 0 Å². The first-order chi connectivity index (χ1) is 4.70. The maximum atomic E-state index is 8.86. The molecule has 0 aromatic heterocycles. The summed E-state index contributed by atoms with van der Waals surface area (Å²) >= 11 is 0. The fourth-order valence-corrected chi connectivity index (χ4v) is 0.912. The summed E-state index contributed by atoms with van der Waals surface area (Å²) in [5, 5.41) is 8.86. The zero-order valence-corrected chi connectivity index (χ0v) is 7.00. The van der Waals surface area contributed by atoms with Crippen LogP contribution in [0.1, 0.15) is 6.42 Å². The Morgan fingerprint density at radius 3 is 2.10 bits per heavy atom. The molecule has 0 aromatic rings. The standard InChI is InChI=1S/C5H11NO.C2H6O/c1-6-3-2-5(7)4-6;1-3-2/h5,7H,2-4H2,1H3;1-2H3. The summed E-state index contributed by atoms with van der Waals surface area (Å²) in [6, 6.07) is 0. The molecule has 1 N–H and O–H groups in total. The van der Waals surface area contributed by atoms with E-state index in [9.17, 15) is 0 Å². The average Bonchev–Trinajstić information content (AvgIpc) is 2.17. The third-order valence-electron chi connectivity index (χ3n) is 1.37. The maximum absolute atomic E-state index is 8.86. The summed E-state index contributed by atoms with van der Waals surface area (Å²) in [7, 11) is 5.27. The SMILES string of the molecule is CN1CCC(O)C1.COC. The smallest absolute Gasteiger partial charge is 0.0679 e. The van der Waals surface area contributed by atoms with Gasteiger partial charge in [-0.2, -0.15) is 0 Å². The molecule has 1 fully saturated rings. The Bertz CT molecular complexity index is 70.0. The Morgan fingerprint density at radius 1 is 1.50 bits per heavy atom. The number of likely N-dealkylation sites (tertiary alicyclic amines) is 1. The zero-order chi connectivity index (χ0) is 7.98. The number of hydrogen-bond acceptors (Lipinski definition) is 3. The van der Waals surface area contributed by atoms with Crippen LogP contribution in [0.2, 0.25) is 0 Å². The van der Waals surface area contributed by atoms with Crippen LogP contribution in [-0.4, -0.2) is 50.5 Å². The summed E-state index contributed by atoms with van der Waals surface area (Å²) < 4.78 is 4.25. The average molecular weight is 147 g/mol. The molecule has 1 aliphatic heterocycles. The highest BCUT2D eigenvalue weighted by atomic mass is 16.4. The highest BCUT2D eigenvalue weighted by Crippen LogP contribution is 2.03. The molecule has 0 bridgehead atoms. The number of ether oxygens (including phenoxy) is 1. The second-order valence-corrected chi connectivity index (χ2v) is 2.61. The number of hydrogen-bond donors (Lipinski definition) is 1. The van der Waals surface area contributed by atoms with Crippen molar-refractivity contribution >= 4 is 0 Å². The Balaban J connectivity index is 0.000000236. The van der Waals surface area contributed by atoms with E-state index in [1.165, 1.54) is 0 Å². The first-order valence-corrected chi connectivity index (χ1v) is 3.47. The number of aliphatic hydroxyl groups excluding tert-OH is 1. The third kappa shape index (κ3) is 4.73. The minimum Gasteiger partial charge on any atom is -0.392 e. The summed E-state index contributed by atoms with van der Waals surface area (Å²) in [5.74, 6) is 0. The molecule has 1 saturated heterocycles. The number of aliphatic hydroxyl groups is 1. The zero-order valence-electron chi connectivity index (χ0n) is 7.00. The molecule has 0 radical (unpaired) electrons. The summed E-state index contributed by atoms with van der Waals surface area (Å²) in [4.78, 5) is 2.13. The molecule has 3 nitrogen and oxygen atoms in total. The molecule has 0 amide bonds. The minimum atomic E-state index is -0.0509. The van der Waals surface area contributed by atoms with Crippen molar-refractivity contribution in [1.82, 2.24) is 4.90 Å². The van der Waals surface area contributed by atoms with Crippen molar-refractivity contribution in [3.05, 3.63) is 0 Å². The topological polar surface area (TPSA) is 32.7 Å². The second kappa shape index (κ2) is 5.65. The fraction of sp³-hybridized carbons (Fsp3) is 1.00. The van der Waals surface area contributed by atoms with Crippen LogP contribution < -0.4 is 0 Å². The first-order valence-electron chi connectivity index (χ1n) is 3.47. The molecule has 1 heterocycles. The van der Waals surface area contributed by atoms with Crippen LogP contribution in [0.25, 0.3) is 0 Å². The largest absolute Gasteiger partial charge is 0.392 e. The van der Waals surface area contributed by atoms with Gasteiger partial charge in [0, 0.05) is 27.3 Å². The van der Waals surface area contributed by atoms with E-state index in [2.05, 4.69) is 9.64 Å². The predicted octanol–water partition coefficient (Wildman–Crippen LogP) is -0.0546. The normalized spacial score (nSPS) is 25.8. The first kappa shape index (κ1) is 9.88. The maximum Gasteiger partial charge on any atom is 0.0679 e. The number of rotatable bonds is 0. The van der Waals surface area contributed by atoms with E-state index in [4.69, 9.17) is 5.11 Å². The van der Waals surface area contributed by atoms with Gasteiger partial charge in [-0.05, 0) is 13.5 Å². The molecular formula is C7H17NO2. The van der Waals surface area contributed by atoms with Crippen molar-refractivity contribution in [1.29, 1.82) is 0 Å². The quantitative estimate of drug-likeness (QED) is 0.521. The number of methoxy groups -OCH3 is 1. The lowest BCUT2D eigenvalue weighted by Gasteiger charge is -2.02. The van der Waals surface area contributed by atoms with Crippen LogP contribution in [0.15, 0.2) is 0 Å². The van der Waals surface area contributed by atoms with Gasteiger partial charge >= 0.3 is 0 Å². The molecule has 3 heteroatoms. The van der Waals surface area contributed by atoms with Crippen LogP contribution >= 0.6 is 0 Å². The van der Waals surface area contributed by atoms with Crippen molar-refractivity contribution in [2.45, 2.75) is 12.5 Å². The van der Waals surface area contributed by atoms with Crippen LogP contribution in [0, 0.1) is 0 Å². The van der Waals surface area contributed by atoms with Crippen molar-refractivity contribution in [2.75, 3.05) is 34.4 Å². The van der Waals surface area contributed by atoms with Crippen molar-refractivity contribution < 1.29 is 9.84 Å². The van der Waals surface area contributed by atoms with Crippen LogP contribution in [0.5, 0.6) is 0 Å². The molecule has 10 heavy (non-hydrogen) atoms. The van der Waals surface area contributed by atoms with E-state index in [0.717, 1.165) is 19.5 Å². The van der Waals surface area contributed by atoms with Crippen molar-refractivity contribution in [3.8, 4) is 0 Å². The summed E-state index contributed by atoms with van der Waals surface area (Å²) in [6.07, 6.45) is 0.904. The van der Waals surface area contributed by atoms with Gasteiger partial charge in [0.05, 0.1) is 6.10 Å². The van der Waals surface area contributed by atoms with E-state index >= 15 is 0 Å². The van der Waals surface area contributed by atoms with Crippen LogP contribution in [-0.2, 0) is 4.74 Å². The van der Waals surface area contributed by atoms with Crippen molar-refractivity contribution in [2.24, 2.45) is 0 Å². The van der Waals surface area contributed by atoms with Gasteiger partial charge in [0.15, 0.2) is 0 Å². The van der Waals surface area contributed by atoms with Gasteiger partial charge < -0.3 is 14.7 Å². The monoisotopic (exact) mass is 147 g/mol. The summed E-state index contributed by atoms with van der Waals surface area (Å²) in [6.45, 7) is 1.92. The fourth-order valence-electron chi connectivity index (χ4n) is 0.912. The van der Waals surface area contributed by atoms with Gasteiger partial charge in [0.2, 0.25) is 0 Å². The number of β-amino-alcohol motifs (C(OH)–C–C–N with tert-alkyl or cyclic N) is 1. The second-order valence-electron chi connectivity index (χ2n) is 2.61. The molecule has 1 rings (SSSR count). The van der Waals surface area contributed by atoms with E-state index in [1.54, 1.807) is 14.2 Å². The number of nitrogens with zero attached hydrogens (tertiary/aromatic N) is 1. The Hall–Kier alpha value is -0.120. The van der Waals surface area contributed by atoms with Crippen molar-refractivity contribution in [3.63, 3.8) is 0 Å². The highest BCUT2D eigenvalue weighted by Gasteiger charge is 2.14. The lowest BCUT2D eigenvalue weighted by molar-refractivity contribution is 0.183. The Morgan fingerprint density at radius 2 is 2.00 bits per heavy atom. The Labute approximate surface area is 62.6 Å². The summed E-state index contributed by atoms with van der Waals surface area (Å²) in [5.41, 5.74) is 0. The lowest BCUT2D eigenvalue weighted by Crippen LogP contribution is -2.15. The predicted molar refractivity (Wildman–Crippen MR) is 41.1 cm³/mol. The lowest BCUT2D eigenvalue weighted by atomic mass is 10.3. The highest BCUT2D eigenvalue weighted by molar-refractivity contribution is 4.70. The Kier molecular flexibility index (Phi) is 5.58. The van der Waals surface area contributed by atoms with Gasteiger partial charge in [0.25, 0.3) is 0 Å². The number of likely N-dealkylation sites (N-methyl/N-ethyl adjacent to an activating group) is 1. The molecule has 1 atom stereocenters. The van der Waals surface area contributed by atoms with E-state index in [-0.39, 0.29) is 6.10 Å². The van der Waals surface area contributed by atoms with E-state index < -0.39 is 0 Å². The van der Waals surface area contributed by atoms with E-state index in [1.807, 2.05) is 7.05 Å². The van der Waals surface area contributed by atoms with Crippen LogP contribution in [0.3, 0.4) is 0 Å². The van der Waals surface area contributed by atoms with Gasteiger partial charge in [-0.1, -0.05) is 0 Å². The molecule has 0 aliphatic carbocycles. The molecule has 62 valence electrons. The van der Waals surface area contributed by atoms with Gasteiger partial charge in [-0.15, -0.1) is 0 Å². The van der Waals surface area contributed by atoms with E-state index in [0.29, 0.717) is 0 Å². The van der Waals surface area contributed by atoms with Gasteiger partial charge in [-0.3, -0.25) is 0 Å². The minimum absolute atomic E-state index is 0.0509. The molecule has 1 unspecified atom stereocenters. The van der Waals surface area contributed by atoms with Gasteiger partial charge in [0.1, 0.15) is 0 Å². The third-order valence-corrected chi connectivity index (χ3v) is 1.37.